The van der Waals surface area contributed by atoms with E-state index in [4.69, 9.17) is 19.9 Å². The monoisotopic (exact) mass is 2160 g/mol. The summed E-state index contributed by atoms with van der Waals surface area (Å²) < 4.78 is 215. The number of phenolic OH excluding ortho intramolecular Hbond substituents is 6. The van der Waals surface area contributed by atoms with E-state index < -0.39 is 181 Å². The Morgan fingerprint density at radius 2 is 0.231 bits per heavy atom. The zero-order valence-electron chi connectivity index (χ0n) is 51.0. The van der Waals surface area contributed by atoms with Crippen molar-refractivity contribution in [2.45, 2.75) is 29.4 Å². The molecular formula is C36H78O58S12Tm2. The first kappa shape index (κ1) is 191. The number of benzene rings is 6. The molecule has 108 heavy (non-hydrogen) atoms. The van der Waals surface area contributed by atoms with Crippen LogP contribution in [0.4, 0.5) is 0 Å². The van der Waals surface area contributed by atoms with Crippen molar-refractivity contribution in [3.8, 4) is 34.5 Å². The summed E-state index contributed by atoms with van der Waals surface area (Å²) in [6.45, 7) is 0. The Balaban J connectivity index is -0.0000000672. The van der Waals surface area contributed by atoms with Gasteiger partial charge in [-0.05, 0) is 72.8 Å². The Labute approximate surface area is 681 Å². The van der Waals surface area contributed by atoms with Gasteiger partial charge in [-0.15, -0.1) is 68.0 Å². The average molecular weight is 2160 g/mol. The molecule has 0 atom stereocenters. The summed E-state index contributed by atoms with van der Waals surface area (Å²) >= 11 is 0.211. The maximum Gasteiger partial charge on any atom is 3.00 e. The summed E-state index contributed by atoms with van der Waals surface area (Å²) in [4.78, 5) is 20.8. The van der Waals surface area contributed by atoms with Gasteiger partial charge in [0.1, 0.15) is 95.2 Å². The van der Waals surface area contributed by atoms with E-state index in [1.54, 1.807) is 0 Å². The molecule has 12 bridgehead atoms. The largest absolute Gasteiger partial charge is 3.00 e. The molecule has 0 spiro atoms. The van der Waals surface area contributed by atoms with Gasteiger partial charge in [0.15, 0.2) is 0 Å². The summed E-state index contributed by atoms with van der Waals surface area (Å²) in [5.41, 5.74) is 0. The predicted molar refractivity (Wildman–Crippen MR) is 378 cm³/mol. The summed E-state index contributed by atoms with van der Waals surface area (Å²) in [5, 5.41) is 69.2. The molecule has 7 rings (SSSR count). The topological polar surface area (TPSA) is 1480 Å². The normalized spacial score (nSPS) is 8.57. The van der Waals surface area contributed by atoms with Crippen LogP contribution in [0.2, 0.25) is 0 Å². The third-order valence-corrected chi connectivity index (χ3v) is 20.4. The minimum atomic E-state index is -5.60. The van der Waals surface area contributed by atoms with E-state index in [0.717, 1.165) is 0 Å². The quantitative estimate of drug-likeness (QED) is 0.0842. The van der Waals surface area contributed by atoms with Crippen molar-refractivity contribution in [3.05, 3.63) is 92.7 Å². The fourth-order valence-electron chi connectivity index (χ4n) is 5.86. The molecule has 6 aromatic carbocycles. The van der Waals surface area contributed by atoms with Crippen LogP contribution in [-0.2, 0) is 60.7 Å². The number of rotatable bonds is 6. The molecule has 0 aliphatic heterocycles. The van der Waals surface area contributed by atoms with E-state index >= 15 is 0 Å². The Morgan fingerprint density at radius 3 is 0.278 bits per heavy atom. The second-order valence-electron chi connectivity index (χ2n) is 13.9. The van der Waals surface area contributed by atoms with Crippen LogP contribution in [0.5, 0.6) is 34.5 Å². The van der Waals surface area contributed by atoms with Crippen molar-refractivity contribution >= 4 is 185 Å². The second kappa shape index (κ2) is 71.4. The molecule has 1 aromatic heterocycles. The zero-order chi connectivity index (χ0) is 57.6. The molecule has 1 heterocycles. The van der Waals surface area contributed by atoms with E-state index in [0.29, 0.717) is 72.8 Å². The van der Waals surface area contributed by atoms with Crippen molar-refractivity contribution in [2.24, 2.45) is 0 Å². The fraction of sp³-hybridized carbons (Fsp3) is 0. The SMILES string of the molecule is O.O.O.O.O.O.O.O.O.O.O.O.O.O.O.O.O.O.O.O.O.O.O.O.O.O.O.O.O.O.O=O.O=O.O=S(=O)([O-])c1cc2sc3cc(S(=O)(=O)[O-])cc(sc4cc(S(=O)(=O)[O-])cc(sc5cc(S(=O)(=O)[O-])cc(sc6cc(S(=O)(=O)[O-])cc(sc7cc(S(=O)(=O)[O-])cc(sc(c1)c2O)c7O)c6O)c5O)c4O)c3O.[Tm+3].[Tm+3]. The number of hydrogen-bond acceptors (Lipinski definition) is 34. The average Bonchev–Trinajstić information content (AvgIpc) is 3.29. The minimum Gasteiger partial charge on any atom is -0.744 e. The van der Waals surface area contributed by atoms with Crippen LogP contribution < -0.4 is 0 Å². The predicted octanol–water partition coefficient (Wildman–Crippen LogP) is -18.9. The molecule has 0 unspecified atom stereocenters. The van der Waals surface area contributed by atoms with Gasteiger partial charge in [-0.1, -0.05) is 0 Å². The Hall–Kier alpha value is -4.63. The molecule has 66 N–H and O–H groups in total. The molecule has 72 heteroatoms. The summed E-state index contributed by atoms with van der Waals surface area (Å²) in [6, 6.07) is 5.69. The van der Waals surface area contributed by atoms with Crippen molar-refractivity contribution < 1.29 is 346 Å². The fourth-order valence-corrected chi connectivity index (χ4v) is 16.4. The van der Waals surface area contributed by atoms with Crippen LogP contribution in [0.3, 0.4) is 0 Å². The van der Waals surface area contributed by atoms with Gasteiger partial charge in [-0.2, -0.15) is 0 Å². The molecule has 0 fully saturated rings. The third-order valence-electron chi connectivity index (χ3n) is 9.13. The van der Waals surface area contributed by atoms with Gasteiger partial charge in [0.2, 0.25) is 0 Å². The minimum absolute atomic E-state index is 0. The van der Waals surface area contributed by atoms with Crippen LogP contribution in [0.25, 0.3) is 56.4 Å². The summed E-state index contributed by atoms with van der Waals surface area (Å²) in [5.74, 6) is -6.59. The maximum atomic E-state index is 12.5. The number of aromatic hydroxyl groups is 6. The second-order valence-corrected chi connectivity index (χ2v) is 28.7. The van der Waals surface area contributed by atoms with Gasteiger partial charge in [-0.25, -0.2) is 50.5 Å². The van der Waals surface area contributed by atoms with Gasteiger partial charge >= 0.3 is 73.7 Å². The smallest absolute Gasteiger partial charge is 0.744 e. The molecule has 0 saturated heterocycles. The standard InChI is InChI=1S/C36H24O24S12.2O2.30H2O.2Tm/c37-31-19-1-13(67(43,44)45)2-20(31)62-23-5-15(69(49,50)51)6-24(33(23)39)64-27-9-17(71(55,56)57)10-28(35(27)41)66-30-12-18(72(58,59)60)11-29(36(30)42)65-26-8-16(70(52,53)54)7-25(34(26)40)63-22-4-14(68(46,47)48)3-21(61-19)32(22)38;2*1-2;;;;;;;;;;;;;;;;;;;;;;;;;;;;;;;;/h1-12,37-42H,(H,43,44,45)(H,46,47,48)(H,49,50,51)(H,52,53,54)(H,55,56,57)(H,58,59,60);;;30*1H2;;/q;;;;;;;;;;;;;;;;;;;;;;;;;;;;;;;;;2*+3/p-6. The van der Waals surface area contributed by atoms with Crippen molar-refractivity contribution in [1.82, 2.24) is 0 Å². The third kappa shape index (κ3) is 44.6. The maximum absolute atomic E-state index is 12.5. The van der Waals surface area contributed by atoms with Gasteiger partial charge in [-0.3, -0.25) is 0 Å². The van der Waals surface area contributed by atoms with Crippen LogP contribution in [0, 0.1) is 93.6 Å². The first-order valence-electron chi connectivity index (χ1n) is 18.3. The molecule has 0 aliphatic carbocycles. The van der Waals surface area contributed by atoms with Crippen LogP contribution in [0.15, 0.2) is 102 Å². The molecule has 58 nitrogen and oxygen atoms in total. The zero-order valence-corrected chi connectivity index (χ0v) is 64.4. The van der Waals surface area contributed by atoms with Crippen molar-refractivity contribution in [1.29, 1.82) is 0 Å². The summed E-state index contributed by atoms with van der Waals surface area (Å²) in [6.07, 6.45) is 0. The number of fused-ring (bicyclic) bond motifs is 12. The van der Waals surface area contributed by atoms with Crippen LogP contribution in [0.1, 0.15) is 0 Å². The van der Waals surface area contributed by atoms with Crippen molar-refractivity contribution in [2.75, 3.05) is 0 Å². The Morgan fingerprint density at radius 1 is 0.176 bits per heavy atom. The Kier molecular flexibility index (Phi) is 126. The van der Waals surface area contributed by atoms with E-state index in [9.17, 15) is 108 Å². The van der Waals surface area contributed by atoms with E-state index in [1.807, 2.05) is 0 Å². The van der Waals surface area contributed by atoms with Gasteiger partial charge in [0.05, 0.1) is 85.8 Å². The summed E-state index contributed by atoms with van der Waals surface area (Å²) in [7, 11) is -33.6. The van der Waals surface area contributed by atoms with Crippen LogP contribution in [-0.4, -0.2) is 273 Å². The molecular weight excluding hydrogens is 2080 g/mol. The Bertz CT molecular complexity index is 3740. The van der Waals surface area contributed by atoms with E-state index in [2.05, 4.69) is 0 Å². The molecule has 0 radical (unpaired) electrons. The molecule has 0 saturated carbocycles. The van der Waals surface area contributed by atoms with E-state index in [-0.39, 0.29) is 306 Å². The molecule has 0 aliphatic rings. The molecule has 0 amide bonds. The van der Waals surface area contributed by atoms with Gasteiger partial charge in [0, 0.05) is 19.9 Å². The van der Waals surface area contributed by atoms with Crippen LogP contribution >= 0.6 is 68.0 Å². The first-order valence-corrected chi connectivity index (χ1v) is 31.6. The van der Waals surface area contributed by atoms with E-state index in [1.165, 1.54) is 0 Å². The van der Waals surface area contributed by atoms with Gasteiger partial charge in [0.25, 0.3) is 0 Å². The number of phenols is 6. The molecule has 7 aromatic rings. The first-order chi connectivity index (χ1) is 34.9. The number of hydrogen-bond donors (Lipinski definition) is 6. The molecule has 668 valence electrons. The van der Waals surface area contributed by atoms with Gasteiger partial charge < -0.3 is 222 Å². The van der Waals surface area contributed by atoms with Crippen molar-refractivity contribution in [3.63, 3.8) is 0 Å².